The van der Waals surface area contributed by atoms with Gasteiger partial charge < -0.3 is 9.84 Å². The number of hydrogen-bond acceptors (Lipinski definition) is 2. The lowest BCUT2D eigenvalue weighted by atomic mass is 10.1. The summed E-state index contributed by atoms with van der Waals surface area (Å²) in [6.07, 6.45) is -2.67. The summed E-state index contributed by atoms with van der Waals surface area (Å²) >= 11 is 0. The van der Waals surface area contributed by atoms with Gasteiger partial charge in [0.1, 0.15) is 5.75 Å². The number of alkyl halides is 3. The summed E-state index contributed by atoms with van der Waals surface area (Å²) in [5, 5.41) is 9.06. The van der Waals surface area contributed by atoms with E-state index in [1.54, 1.807) is 0 Å². The third-order valence-corrected chi connectivity index (χ3v) is 2.60. The van der Waals surface area contributed by atoms with Gasteiger partial charge in [-0.3, -0.25) is 0 Å². The van der Waals surface area contributed by atoms with Crippen molar-refractivity contribution in [2.75, 3.05) is 13.2 Å². The molecule has 0 aliphatic heterocycles. The zero-order valence-corrected chi connectivity index (χ0v) is 10.2. The van der Waals surface area contributed by atoms with E-state index in [4.69, 9.17) is 9.84 Å². The highest BCUT2D eigenvalue weighted by Gasteiger charge is 2.30. The van der Waals surface area contributed by atoms with Crippen molar-refractivity contribution in [2.45, 2.75) is 25.9 Å². The molecular weight excluding hydrogens is 245 g/mol. The maximum atomic E-state index is 12.5. The van der Waals surface area contributed by atoms with E-state index in [0.29, 0.717) is 0 Å². The van der Waals surface area contributed by atoms with E-state index in [-0.39, 0.29) is 24.9 Å². The second-order valence-corrected chi connectivity index (χ2v) is 4.17. The van der Waals surface area contributed by atoms with Gasteiger partial charge in [-0.15, -0.1) is 0 Å². The molecule has 0 amide bonds. The first-order chi connectivity index (χ1) is 8.47. The predicted octanol–water partition coefficient (Wildman–Crippen LogP) is 3.49. The Balaban J connectivity index is 2.62. The van der Waals surface area contributed by atoms with Gasteiger partial charge in [-0.25, -0.2) is 0 Å². The summed E-state index contributed by atoms with van der Waals surface area (Å²) in [5.74, 6) is 0.143. The fourth-order valence-electron chi connectivity index (χ4n) is 1.61. The van der Waals surface area contributed by atoms with Crippen molar-refractivity contribution in [3.05, 3.63) is 29.8 Å². The van der Waals surface area contributed by atoms with Gasteiger partial charge in [0.05, 0.1) is 12.2 Å². The summed E-state index contributed by atoms with van der Waals surface area (Å²) < 4.78 is 42.7. The molecule has 1 atom stereocenters. The minimum Gasteiger partial charge on any atom is -0.493 e. The molecule has 2 nitrogen and oxygen atoms in total. The quantitative estimate of drug-likeness (QED) is 0.850. The molecule has 102 valence electrons. The summed E-state index contributed by atoms with van der Waals surface area (Å²) in [6, 6.07) is 4.77. The highest BCUT2D eigenvalue weighted by atomic mass is 19.4. The fraction of sp³-hybridized carbons (Fsp3) is 0.538. The normalized spacial score (nSPS) is 13.4. The Kier molecular flexibility index (Phi) is 5.47. The first kappa shape index (κ1) is 14.8. The van der Waals surface area contributed by atoms with Crippen LogP contribution >= 0.6 is 0 Å². The van der Waals surface area contributed by atoms with Crippen molar-refractivity contribution < 1.29 is 23.0 Å². The summed E-state index contributed by atoms with van der Waals surface area (Å²) in [4.78, 5) is 0. The first-order valence-electron chi connectivity index (χ1n) is 5.88. The maximum Gasteiger partial charge on any atom is 0.416 e. The van der Waals surface area contributed by atoms with Crippen LogP contribution in [0, 0.1) is 5.92 Å². The predicted molar refractivity (Wildman–Crippen MR) is 62.4 cm³/mol. The third kappa shape index (κ3) is 4.56. The largest absolute Gasteiger partial charge is 0.493 e. The molecule has 0 aromatic heterocycles. The molecule has 1 N–H and O–H groups in total. The molecule has 0 bridgehead atoms. The van der Waals surface area contributed by atoms with E-state index >= 15 is 0 Å². The summed E-state index contributed by atoms with van der Waals surface area (Å²) in [5.41, 5.74) is -0.726. The van der Waals surface area contributed by atoms with Gasteiger partial charge in [0.25, 0.3) is 0 Å². The van der Waals surface area contributed by atoms with E-state index in [2.05, 4.69) is 0 Å². The monoisotopic (exact) mass is 262 g/mol. The van der Waals surface area contributed by atoms with Gasteiger partial charge in [-0.2, -0.15) is 13.2 Å². The van der Waals surface area contributed by atoms with Crippen LogP contribution in [0.2, 0.25) is 0 Å². The first-order valence-corrected chi connectivity index (χ1v) is 5.88. The molecule has 5 heteroatoms. The average Bonchev–Trinajstić information content (AvgIpc) is 2.34. The number of aliphatic hydroxyl groups is 1. The Bertz CT molecular complexity index is 363. The van der Waals surface area contributed by atoms with Crippen molar-refractivity contribution in [3.63, 3.8) is 0 Å². The van der Waals surface area contributed by atoms with Crippen LogP contribution in [0.15, 0.2) is 24.3 Å². The molecule has 0 heterocycles. The van der Waals surface area contributed by atoms with Gasteiger partial charge in [-0.05, 0) is 24.6 Å². The third-order valence-electron chi connectivity index (χ3n) is 2.60. The molecule has 0 aliphatic rings. The highest BCUT2D eigenvalue weighted by Crippen LogP contribution is 2.31. The highest BCUT2D eigenvalue weighted by molar-refractivity contribution is 5.30. The van der Waals surface area contributed by atoms with E-state index in [9.17, 15) is 13.2 Å². The number of halogens is 3. The Morgan fingerprint density at radius 1 is 1.33 bits per heavy atom. The zero-order valence-electron chi connectivity index (χ0n) is 10.2. The van der Waals surface area contributed by atoms with Crippen molar-refractivity contribution in [1.82, 2.24) is 0 Å². The second-order valence-electron chi connectivity index (χ2n) is 4.17. The number of ether oxygens (including phenoxy) is 1. The van der Waals surface area contributed by atoms with Crippen molar-refractivity contribution >= 4 is 0 Å². The van der Waals surface area contributed by atoms with E-state index in [1.165, 1.54) is 12.1 Å². The van der Waals surface area contributed by atoms with E-state index < -0.39 is 11.7 Å². The Hall–Kier alpha value is -1.23. The summed E-state index contributed by atoms with van der Waals surface area (Å²) in [7, 11) is 0. The Morgan fingerprint density at radius 2 is 2.06 bits per heavy atom. The number of hydrogen-bond donors (Lipinski definition) is 1. The molecule has 1 aromatic rings. The van der Waals surface area contributed by atoms with Crippen molar-refractivity contribution in [1.29, 1.82) is 0 Å². The van der Waals surface area contributed by atoms with E-state index in [1.807, 2.05) is 6.92 Å². The fourth-order valence-corrected chi connectivity index (χ4v) is 1.61. The van der Waals surface area contributed by atoms with Crippen LogP contribution in [0.1, 0.15) is 25.3 Å². The minimum atomic E-state index is -4.36. The van der Waals surface area contributed by atoms with Crippen LogP contribution in [0.3, 0.4) is 0 Å². The Labute approximate surface area is 104 Å². The van der Waals surface area contributed by atoms with Crippen molar-refractivity contribution in [2.24, 2.45) is 5.92 Å². The molecule has 18 heavy (non-hydrogen) atoms. The van der Waals surface area contributed by atoms with Crippen LogP contribution in [0.5, 0.6) is 5.75 Å². The second kappa shape index (κ2) is 6.64. The van der Waals surface area contributed by atoms with Gasteiger partial charge in [0.2, 0.25) is 0 Å². The lowest BCUT2D eigenvalue weighted by molar-refractivity contribution is -0.137. The topological polar surface area (TPSA) is 29.5 Å². The van der Waals surface area contributed by atoms with Crippen LogP contribution in [-0.2, 0) is 6.18 Å². The molecule has 0 aliphatic carbocycles. The molecule has 0 saturated heterocycles. The molecule has 1 aromatic carbocycles. The molecule has 1 unspecified atom stereocenters. The molecule has 0 spiro atoms. The zero-order chi connectivity index (χ0) is 13.6. The number of rotatable bonds is 6. The van der Waals surface area contributed by atoms with Gasteiger partial charge >= 0.3 is 6.18 Å². The van der Waals surface area contributed by atoms with Gasteiger partial charge in [0.15, 0.2) is 0 Å². The summed E-state index contributed by atoms with van der Waals surface area (Å²) in [6.45, 7) is 2.19. The molecule has 0 saturated carbocycles. The van der Waals surface area contributed by atoms with E-state index in [0.717, 1.165) is 25.0 Å². The average molecular weight is 262 g/mol. The van der Waals surface area contributed by atoms with Gasteiger partial charge in [0, 0.05) is 12.5 Å². The molecule has 0 radical (unpaired) electrons. The van der Waals surface area contributed by atoms with Crippen LogP contribution < -0.4 is 4.74 Å². The minimum absolute atomic E-state index is 0.0210. The lowest BCUT2D eigenvalue weighted by Gasteiger charge is -2.15. The standard InChI is InChI=1S/C13H17F3O2/c1-2-4-10(8-17)9-18-12-6-3-5-11(7-12)13(14,15)16/h3,5-7,10,17H,2,4,8-9H2,1H3. The van der Waals surface area contributed by atoms with Crippen molar-refractivity contribution in [3.8, 4) is 5.75 Å². The molecule has 0 fully saturated rings. The van der Waals surface area contributed by atoms with Crippen LogP contribution in [0.25, 0.3) is 0 Å². The Morgan fingerprint density at radius 3 is 2.61 bits per heavy atom. The van der Waals surface area contributed by atoms with Crippen LogP contribution in [-0.4, -0.2) is 18.3 Å². The van der Waals surface area contributed by atoms with Gasteiger partial charge in [-0.1, -0.05) is 19.4 Å². The number of benzene rings is 1. The van der Waals surface area contributed by atoms with Crippen LogP contribution in [0.4, 0.5) is 13.2 Å². The maximum absolute atomic E-state index is 12.5. The molecule has 1 rings (SSSR count). The smallest absolute Gasteiger partial charge is 0.416 e. The number of aliphatic hydroxyl groups excluding tert-OH is 1. The SMILES string of the molecule is CCCC(CO)COc1cccc(C(F)(F)F)c1. The lowest BCUT2D eigenvalue weighted by Crippen LogP contribution is -2.16. The molecular formula is C13H17F3O2.